The topological polar surface area (TPSA) is 125 Å². The molecule has 0 saturated heterocycles. The van der Waals surface area contributed by atoms with Crippen LogP contribution >= 0.6 is 11.6 Å². The normalized spacial score (nSPS) is 12.0. The number of halogens is 1. The fraction of sp³-hybridized carbons (Fsp3) is 0.471. The van der Waals surface area contributed by atoms with Crippen molar-refractivity contribution < 1.29 is 28.8 Å². The Labute approximate surface area is 161 Å². The number of ether oxygens (including phenoxy) is 2. The zero-order valence-corrected chi connectivity index (χ0v) is 15.9. The SMILES string of the molecule is CCOC(=O)C(NC(C)=O)(C(=O)OCC)C(C[N+](=O)[O-])c1cccc(Cl)c1. The van der Waals surface area contributed by atoms with Gasteiger partial charge >= 0.3 is 11.9 Å². The van der Waals surface area contributed by atoms with Gasteiger partial charge in [-0.05, 0) is 31.5 Å². The molecule has 0 saturated carbocycles. The second kappa shape index (κ2) is 9.86. The largest absolute Gasteiger partial charge is 0.464 e. The molecule has 1 aromatic carbocycles. The van der Waals surface area contributed by atoms with Crippen LogP contribution in [0, 0.1) is 10.1 Å². The molecule has 1 rings (SSSR count). The number of rotatable bonds is 9. The lowest BCUT2D eigenvalue weighted by atomic mass is 9.78. The summed E-state index contributed by atoms with van der Waals surface area (Å²) in [5.41, 5.74) is -2.23. The molecule has 0 aliphatic heterocycles. The maximum absolute atomic E-state index is 12.8. The van der Waals surface area contributed by atoms with E-state index in [2.05, 4.69) is 5.32 Å². The van der Waals surface area contributed by atoms with Crippen molar-refractivity contribution in [2.24, 2.45) is 0 Å². The summed E-state index contributed by atoms with van der Waals surface area (Å²) in [5.74, 6) is -4.46. The Kier molecular flexibility index (Phi) is 8.17. The zero-order chi connectivity index (χ0) is 20.6. The van der Waals surface area contributed by atoms with E-state index in [1.165, 1.54) is 38.1 Å². The number of amides is 1. The van der Waals surface area contributed by atoms with Gasteiger partial charge in [0.25, 0.3) is 0 Å². The number of benzene rings is 1. The minimum absolute atomic E-state index is 0.111. The van der Waals surface area contributed by atoms with Crippen molar-refractivity contribution in [2.45, 2.75) is 32.2 Å². The molecule has 0 aromatic heterocycles. The maximum Gasteiger partial charge on any atom is 0.344 e. The Hall–Kier alpha value is -2.68. The molecule has 0 heterocycles. The van der Waals surface area contributed by atoms with E-state index in [0.29, 0.717) is 0 Å². The number of hydrogen-bond donors (Lipinski definition) is 1. The van der Waals surface area contributed by atoms with Crippen LogP contribution in [0.1, 0.15) is 32.3 Å². The predicted octanol–water partition coefficient (Wildman–Crippen LogP) is 1.70. The Morgan fingerprint density at radius 2 is 1.78 bits per heavy atom. The summed E-state index contributed by atoms with van der Waals surface area (Å²) in [6.45, 7) is 3.01. The third-order valence-corrected chi connectivity index (χ3v) is 3.91. The number of hydrogen-bond acceptors (Lipinski definition) is 7. The Morgan fingerprint density at radius 1 is 1.22 bits per heavy atom. The lowest BCUT2D eigenvalue weighted by molar-refractivity contribution is -0.484. The van der Waals surface area contributed by atoms with Gasteiger partial charge in [0, 0.05) is 16.9 Å². The summed E-state index contributed by atoms with van der Waals surface area (Å²) in [6, 6.07) is 5.89. The molecule has 1 N–H and O–H groups in total. The van der Waals surface area contributed by atoms with Crippen LogP contribution < -0.4 is 5.32 Å². The van der Waals surface area contributed by atoms with Crippen LogP contribution in [0.25, 0.3) is 0 Å². The lowest BCUT2D eigenvalue weighted by Gasteiger charge is -2.35. The summed E-state index contributed by atoms with van der Waals surface area (Å²) in [5, 5.41) is 13.8. The van der Waals surface area contributed by atoms with Gasteiger partial charge in [0.15, 0.2) is 0 Å². The van der Waals surface area contributed by atoms with Crippen molar-refractivity contribution in [3.05, 3.63) is 45.0 Å². The van der Waals surface area contributed by atoms with Crippen molar-refractivity contribution in [3.8, 4) is 0 Å². The maximum atomic E-state index is 12.8. The van der Waals surface area contributed by atoms with E-state index in [9.17, 15) is 24.5 Å². The fourth-order valence-electron chi connectivity index (χ4n) is 2.69. The molecule has 0 fully saturated rings. The van der Waals surface area contributed by atoms with Crippen LogP contribution in [-0.2, 0) is 23.9 Å². The van der Waals surface area contributed by atoms with Crippen LogP contribution in [-0.4, -0.2) is 48.1 Å². The second-order valence-corrected chi connectivity index (χ2v) is 5.99. The van der Waals surface area contributed by atoms with E-state index >= 15 is 0 Å². The molecule has 1 unspecified atom stereocenters. The first-order chi connectivity index (χ1) is 12.7. The molecule has 1 amide bonds. The van der Waals surface area contributed by atoms with Gasteiger partial charge in [-0.1, -0.05) is 23.7 Å². The highest BCUT2D eigenvalue weighted by Crippen LogP contribution is 2.33. The first-order valence-electron chi connectivity index (χ1n) is 8.19. The first kappa shape index (κ1) is 22.4. The molecule has 9 nitrogen and oxygen atoms in total. The molecule has 0 bridgehead atoms. The van der Waals surface area contributed by atoms with Gasteiger partial charge in [-0.3, -0.25) is 14.9 Å². The van der Waals surface area contributed by atoms with Gasteiger partial charge in [0.2, 0.25) is 18.0 Å². The van der Waals surface area contributed by atoms with E-state index in [4.69, 9.17) is 21.1 Å². The van der Waals surface area contributed by atoms with Gasteiger partial charge in [0.1, 0.15) is 0 Å². The molecule has 0 radical (unpaired) electrons. The summed E-state index contributed by atoms with van der Waals surface area (Å²) >= 11 is 5.97. The standard InChI is InChI=1S/C17H21ClN2O7/c1-4-26-15(22)17(19-11(3)21,16(23)27-5-2)14(10-20(24)25)12-7-6-8-13(18)9-12/h6-9,14H,4-5,10H2,1-3H3,(H,19,21). The zero-order valence-electron chi connectivity index (χ0n) is 15.2. The monoisotopic (exact) mass is 400 g/mol. The van der Waals surface area contributed by atoms with Crippen molar-refractivity contribution in [1.82, 2.24) is 5.32 Å². The van der Waals surface area contributed by atoms with E-state index in [1.807, 2.05) is 0 Å². The van der Waals surface area contributed by atoms with E-state index in [1.54, 1.807) is 0 Å². The molecule has 148 valence electrons. The molecule has 10 heteroatoms. The molecule has 0 aliphatic rings. The third-order valence-electron chi connectivity index (χ3n) is 3.67. The number of nitrogens with one attached hydrogen (secondary N) is 1. The fourth-order valence-corrected chi connectivity index (χ4v) is 2.89. The van der Waals surface area contributed by atoms with Crippen LogP contribution in [0.3, 0.4) is 0 Å². The minimum atomic E-state index is -2.43. The highest BCUT2D eigenvalue weighted by atomic mass is 35.5. The van der Waals surface area contributed by atoms with Crippen LogP contribution in [0.5, 0.6) is 0 Å². The molecular weight excluding hydrogens is 380 g/mol. The molecule has 0 aliphatic carbocycles. The number of nitrogens with zero attached hydrogens (tertiary/aromatic N) is 1. The molecule has 0 spiro atoms. The van der Waals surface area contributed by atoms with Crippen molar-refractivity contribution >= 4 is 29.4 Å². The van der Waals surface area contributed by atoms with Crippen molar-refractivity contribution in [3.63, 3.8) is 0 Å². The van der Waals surface area contributed by atoms with Gasteiger partial charge in [-0.2, -0.15) is 0 Å². The number of esters is 2. The van der Waals surface area contributed by atoms with Crippen molar-refractivity contribution in [2.75, 3.05) is 19.8 Å². The third kappa shape index (κ3) is 5.40. The van der Waals surface area contributed by atoms with Gasteiger partial charge in [-0.15, -0.1) is 0 Å². The molecule has 1 atom stereocenters. The average Bonchev–Trinajstić information content (AvgIpc) is 2.57. The summed E-state index contributed by atoms with van der Waals surface area (Å²) in [4.78, 5) is 48.1. The highest BCUT2D eigenvalue weighted by molar-refractivity contribution is 6.30. The van der Waals surface area contributed by atoms with Crippen LogP contribution in [0.2, 0.25) is 5.02 Å². The van der Waals surface area contributed by atoms with Gasteiger partial charge < -0.3 is 14.8 Å². The van der Waals surface area contributed by atoms with Crippen molar-refractivity contribution in [1.29, 1.82) is 0 Å². The summed E-state index contributed by atoms with van der Waals surface area (Å²) in [7, 11) is 0. The summed E-state index contributed by atoms with van der Waals surface area (Å²) < 4.78 is 9.96. The Bertz CT molecular complexity index is 705. The second-order valence-electron chi connectivity index (χ2n) is 5.55. The average molecular weight is 401 g/mol. The first-order valence-corrected chi connectivity index (χ1v) is 8.57. The molecule has 27 heavy (non-hydrogen) atoms. The van der Waals surface area contributed by atoms with E-state index in [0.717, 1.165) is 6.92 Å². The summed E-state index contributed by atoms with van der Waals surface area (Å²) in [6.07, 6.45) is 0. The smallest absolute Gasteiger partial charge is 0.344 e. The van der Waals surface area contributed by atoms with Gasteiger partial charge in [-0.25, -0.2) is 9.59 Å². The van der Waals surface area contributed by atoms with Crippen LogP contribution in [0.15, 0.2) is 24.3 Å². The minimum Gasteiger partial charge on any atom is -0.464 e. The molecular formula is C17H21ClN2O7. The Morgan fingerprint density at radius 3 is 2.19 bits per heavy atom. The highest BCUT2D eigenvalue weighted by Gasteiger charge is 2.58. The van der Waals surface area contributed by atoms with E-state index < -0.39 is 40.8 Å². The lowest BCUT2D eigenvalue weighted by Crippen LogP contribution is -2.65. The number of carbonyl (C=O) groups is 3. The predicted molar refractivity (Wildman–Crippen MR) is 95.9 cm³/mol. The number of nitro groups is 1. The van der Waals surface area contributed by atoms with Crippen LogP contribution in [0.4, 0.5) is 0 Å². The Balaban J connectivity index is 3.73. The van der Waals surface area contributed by atoms with Gasteiger partial charge in [0.05, 0.1) is 19.1 Å². The number of carbonyl (C=O) groups excluding carboxylic acids is 3. The van der Waals surface area contributed by atoms with E-state index in [-0.39, 0.29) is 23.8 Å². The molecule has 1 aromatic rings. The quantitative estimate of drug-likeness (QED) is 0.289.